The van der Waals surface area contributed by atoms with E-state index in [0.29, 0.717) is 17.0 Å². The van der Waals surface area contributed by atoms with Crippen LogP contribution in [-0.4, -0.2) is 16.1 Å². The monoisotopic (exact) mass is 207 g/mol. The molecule has 1 heterocycles. The third-order valence-corrected chi connectivity index (χ3v) is 1.79. The van der Waals surface area contributed by atoms with E-state index in [1.165, 1.54) is 6.08 Å². The normalized spacial score (nSPS) is 10.6. The first-order chi connectivity index (χ1) is 7.17. The Morgan fingerprint density at radius 3 is 3.00 bits per heavy atom. The first-order valence-electron chi connectivity index (χ1n) is 4.58. The summed E-state index contributed by atoms with van der Waals surface area (Å²) in [7, 11) is 0. The molecule has 15 heavy (non-hydrogen) atoms. The second-order valence-electron chi connectivity index (χ2n) is 3.01. The van der Waals surface area contributed by atoms with Crippen molar-refractivity contribution in [3.8, 4) is 5.75 Å². The van der Waals surface area contributed by atoms with Gasteiger partial charge in [0.05, 0.1) is 12.3 Å². The van der Waals surface area contributed by atoms with Gasteiger partial charge < -0.3 is 9.84 Å². The van der Waals surface area contributed by atoms with E-state index < -0.39 is 5.97 Å². The molecule has 0 bridgehead atoms. The van der Waals surface area contributed by atoms with Crippen LogP contribution in [0, 0.1) is 6.92 Å². The fourth-order valence-electron chi connectivity index (χ4n) is 1.02. The molecule has 0 saturated heterocycles. The first-order valence-corrected chi connectivity index (χ1v) is 4.58. The van der Waals surface area contributed by atoms with Gasteiger partial charge in [-0.25, -0.2) is 4.79 Å². The lowest BCUT2D eigenvalue weighted by atomic mass is 10.2. The molecule has 0 unspecified atom stereocenters. The summed E-state index contributed by atoms with van der Waals surface area (Å²) in [5, 5.41) is 8.90. The lowest BCUT2D eigenvalue weighted by Crippen LogP contribution is -2.06. The average molecular weight is 207 g/mol. The Morgan fingerprint density at radius 1 is 1.67 bits per heavy atom. The smallest absolute Gasteiger partial charge is 0.335 e. The minimum atomic E-state index is -0.447. The highest BCUT2D eigenvalue weighted by Crippen LogP contribution is 2.17. The average Bonchev–Trinajstić information content (AvgIpc) is 2.21. The number of carbonyl (C=O) groups is 1. The number of hydrogen-bond donors (Lipinski definition) is 1. The number of aryl methyl sites for hydroxylation is 1. The van der Waals surface area contributed by atoms with Gasteiger partial charge in [0, 0.05) is 12.3 Å². The van der Waals surface area contributed by atoms with Crippen molar-refractivity contribution in [3.63, 3.8) is 0 Å². The summed E-state index contributed by atoms with van der Waals surface area (Å²) < 4.78 is 5.03. The molecule has 0 fully saturated rings. The van der Waals surface area contributed by atoms with Crippen molar-refractivity contribution in [2.75, 3.05) is 0 Å². The minimum absolute atomic E-state index is 0.124. The number of carbonyl (C=O) groups excluding carboxylic acids is 1. The lowest BCUT2D eigenvalue weighted by molar-refractivity contribution is -0.129. The zero-order valence-electron chi connectivity index (χ0n) is 8.73. The van der Waals surface area contributed by atoms with Crippen LogP contribution in [0.5, 0.6) is 5.75 Å². The number of hydrogen-bond acceptors (Lipinski definition) is 4. The fourth-order valence-corrected chi connectivity index (χ4v) is 1.02. The molecule has 1 rings (SSSR count). The van der Waals surface area contributed by atoms with Crippen molar-refractivity contribution in [2.45, 2.75) is 20.5 Å². The maximum Gasteiger partial charge on any atom is 0.335 e. The summed E-state index contributed by atoms with van der Waals surface area (Å²) in [6.07, 6.45) is 4.47. The molecule has 0 aliphatic heterocycles. The molecule has 4 nitrogen and oxygen atoms in total. The third-order valence-electron chi connectivity index (χ3n) is 1.79. The summed E-state index contributed by atoms with van der Waals surface area (Å²) >= 11 is 0. The van der Waals surface area contributed by atoms with Crippen LogP contribution >= 0.6 is 0 Å². The van der Waals surface area contributed by atoms with Gasteiger partial charge in [0.15, 0.2) is 5.75 Å². The summed E-state index contributed by atoms with van der Waals surface area (Å²) in [4.78, 5) is 15.2. The summed E-state index contributed by atoms with van der Waals surface area (Å²) in [5.41, 5.74) is 1.23. The van der Waals surface area contributed by atoms with E-state index in [9.17, 15) is 4.79 Å². The molecular weight excluding hydrogens is 194 g/mol. The summed E-state index contributed by atoms with van der Waals surface area (Å²) in [5.74, 6) is -0.0675. The number of aliphatic hydroxyl groups excluding tert-OH is 1. The second-order valence-corrected chi connectivity index (χ2v) is 3.01. The number of aromatic nitrogens is 1. The maximum atomic E-state index is 11.2. The van der Waals surface area contributed by atoms with Crippen molar-refractivity contribution in [1.82, 2.24) is 4.98 Å². The zero-order chi connectivity index (χ0) is 11.3. The van der Waals surface area contributed by atoms with Gasteiger partial charge in [-0.05, 0) is 25.5 Å². The number of aliphatic hydroxyl groups is 1. The van der Waals surface area contributed by atoms with E-state index in [-0.39, 0.29) is 6.61 Å². The molecule has 0 atom stereocenters. The Morgan fingerprint density at radius 2 is 2.40 bits per heavy atom. The summed E-state index contributed by atoms with van der Waals surface area (Å²) in [6, 6.07) is 1.60. The number of ether oxygens (including phenoxy) is 1. The predicted octanol–water partition coefficient (Wildman–Crippen LogP) is 1.36. The molecule has 1 N–H and O–H groups in total. The van der Waals surface area contributed by atoms with Gasteiger partial charge in [-0.2, -0.15) is 0 Å². The molecule has 0 aliphatic carbocycles. The highest BCUT2D eigenvalue weighted by atomic mass is 16.5. The molecule has 1 aromatic rings. The van der Waals surface area contributed by atoms with Gasteiger partial charge in [-0.1, -0.05) is 6.08 Å². The highest BCUT2D eigenvalue weighted by molar-refractivity contribution is 5.84. The number of rotatable bonds is 3. The molecule has 0 spiro atoms. The van der Waals surface area contributed by atoms with Crippen LogP contribution in [0.15, 0.2) is 24.4 Å². The van der Waals surface area contributed by atoms with Crippen LogP contribution in [0.25, 0.3) is 0 Å². The standard InChI is InChI=1S/C11H13NO3/c1-3-4-11(14)15-10-5-9(7-13)6-12-8(10)2/h3-6,13H,7H2,1-2H3/b4-3+. The molecule has 0 amide bonds. The Bertz CT molecular complexity index is 385. The van der Waals surface area contributed by atoms with Crippen LogP contribution < -0.4 is 4.74 Å². The predicted molar refractivity (Wildman–Crippen MR) is 55.3 cm³/mol. The summed E-state index contributed by atoms with van der Waals surface area (Å²) in [6.45, 7) is 3.34. The van der Waals surface area contributed by atoms with Crippen molar-refractivity contribution >= 4 is 5.97 Å². The molecular formula is C11H13NO3. The van der Waals surface area contributed by atoms with E-state index in [4.69, 9.17) is 9.84 Å². The molecule has 0 aliphatic rings. The van der Waals surface area contributed by atoms with Crippen LogP contribution in [0.2, 0.25) is 0 Å². The van der Waals surface area contributed by atoms with Gasteiger partial charge in [0.1, 0.15) is 0 Å². The van der Waals surface area contributed by atoms with Crippen molar-refractivity contribution in [2.24, 2.45) is 0 Å². The third kappa shape index (κ3) is 3.18. The van der Waals surface area contributed by atoms with E-state index in [0.717, 1.165) is 0 Å². The van der Waals surface area contributed by atoms with Crippen molar-refractivity contribution in [3.05, 3.63) is 35.7 Å². The second kappa shape index (κ2) is 5.26. The Hall–Kier alpha value is -1.68. The van der Waals surface area contributed by atoms with Gasteiger partial charge in [-0.15, -0.1) is 0 Å². The first kappa shape index (κ1) is 11.4. The molecule has 0 saturated carbocycles. The number of allylic oxidation sites excluding steroid dienone is 1. The SMILES string of the molecule is C/C=C/C(=O)Oc1cc(CO)cnc1C. The Balaban J connectivity index is 2.88. The minimum Gasteiger partial charge on any atom is -0.421 e. The van der Waals surface area contributed by atoms with Gasteiger partial charge >= 0.3 is 5.97 Å². The molecule has 0 radical (unpaired) electrons. The number of nitrogens with zero attached hydrogens (tertiary/aromatic N) is 1. The van der Waals surface area contributed by atoms with Crippen LogP contribution in [0.4, 0.5) is 0 Å². The van der Waals surface area contributed by atoms with Crippen molar-refractivity contribution < 1.29 is 14.6 Å². The highest BCUT2D eigenvalue weighted by Gasteiger charge is 2.06. The molecule has 4 heteroatoms. The van der Waals surface area contributed by atoms with Gasteiger partial charge in [0.25, 0.3) is 0 Å². The van der Waals surface area contributed by atoms with E-state index >= 15 is 0 Å². The molecule has 80 valence electrons. The van der Waals surface area contributed by atoms with Gasteiger partial charge in [0.2, 0.25) is 0 Å². The topological polar surface area (TPSA) is 59.4 Å². The fraction of sp³-hybridized carbons (Fsp3) is 0.273. The van der Waals surface area contributed by atoms with E-state index in [2.05, 4.69) is 4.98 Å². The van der Waals surface area contributed by atoms with E-state index in [1.54, 1.807) is 32.2 Å². The lowest BCUT2D eigenvalue weighted by Gasteiger charge is -2.05. The van der Waals surface area contributed by atoms with Crippen LogP contribution in [0.3, 0.4) is 0 Å². The van der Waals surface area contributed by atoms with Crippen LogP contribution in [0.1, 0.15) is 18.2 Å². The number of pyridine rings is 1. The Kier molecular flexibility index (Phi) is 4.00. The molecule has 1 aromatic heterocycles. The Labute approximate surface area is 88.2 Å². The maximum absolute atomic E-state index is 11.2. The largest absolute Gasteiger partial charge is 0.421 e. The van der Waals surface area contributed by atoms with E-state index in [1.807, 2.05) is 0 Å². The molecule has 0 aromatic carbocycles. The van der Waals surface area contributed by atoms with Crippen LogP contribution in [-0.2, 0) is 11.4 Å². The van der Waals surface area contributed by atoms with Gasteiger partial charge in [-0.3, -0.25) is 4.98 Å². The zero-order valence-corrected chi connectivity index (χ0v) is 8.73. The van der Waals surface area contributed by atoms with Crippen molar-refractivity contribution in [1.29, 1.82) is 0 Å². The number of esters is 1. The quantitative estimate of drug-likeness (QED) is 0.600.